The van der Waals surface area contributed by atoms with Crippen LogP contribution in [0.25, 0.3) is 0 Å². The Bertz CT molecular complexity index is 584. The van der Waals surface area contributed by atoms with Gasteiger partial charge in [0.2, 0.25) is 0 Å². The van der Waals surface area contributed by atoms with Crippen molar-refractivity contribution in [3.63, 3.8) is 0 Å². The molecule has 1 aliphatic carbocycles. The van der Waals surface area contributed by atoms with Crippen LogP contribution in [0.4, 0.5) is 10.5 Å². The maximum atomic E-state index is 11.8. The predicted molar refractivity (Wildman–Crippen MR) is 82.0 cm³/mol. The van der Waals surface area contributed by atoms with E-state index < -0.39 is 12.0 Å². The topological polar surface area (TPSA) is 78.4 Å². The number of benzene rings is 1. The van der Waals surface area contributed by atoms with Crippen LogP contribution in [0.2, 0.25) is 5.02 Å². The number of anilines is 1. The first-order chi connectivity index (χ1) is 10.1. The number of rotatable bonds is 5. The van der Waals surface area contributed by atoms with Crippen molar-refractivity contribution in [2.24, 2.45) is 0 Å². The quantitative estimate of drug-likeness (QED) is 0.726. The maximum absolute atomic E-state index is 11.8. The molecule has 0 aliphatic heterocycles. The molecule has 112 valence electrons. The minimum absolute atomic E-state index is 0.00745. The van der Waals surface area contributed by atoms with Crippen molar-refractivity contribution >= 4 is 29.3 Å². The van der Waals surface area contributed by atoms with Gasteiger partial charge in [-0.1, -0.05) is 23.3 Å². The molecular formula is C15H17ClN2O3. The number of urea groups is 1. The summed E-state index contributed by atoms with van der Waals surface area (Å²) in [6.07, 6.45) is 6.44. The molecule has 2 rings (SSSR count). The van der Waals surface area contributed by atoms with Crippen LogP contribution in [0.5, 0.6) is 0 Å². The summed E-state index contributed by atoms with van der Waals surface area (Å²) in [4.78, 5) is 22.9. The van der Waals surface area contributed by atoms with E-state index in [4.69, 9.17) is 16.7 Å². The number of aromatic carboxylic acids is 1. The third-order valence-corrected chi connectivity index (χ3v) is 3.56. The van der Waals surface area contributed by atoms with Crippen molar-refractivity contribution in [1.29, 1.82) is 0 Å². The number of carbonyl (C=O) groups is 2. The standard InChI is InChI=1S/C15H17ClN2O3/c16-11-5-6-12(14(19)20)13(9-11)18-15(21)17-8-7-10-3-1-2-4-10/h3,5-6,9H,1-2,4,7-8H2,(H,19,20)(H2,17,18,21). The Labute approximate surface area is 128 Å². The van der Waals surface area contributed by atoms with Gasteiger partial charge in [0.05, 0.1) is 11.3 Å². The van der Waals surface area contributed by atoms with E-state index in [0.29, 0.717) is 11.6 Å². The highest BCUT2D eigenvalue weighted by Gasteiger charge is 2.13. The smallest absolute Gasteiger partial charge is 0.337 e. The summed E-state index contributed by atoms with van der Waals surface area (Å²) in [6.45, 7) is 0.528. The molecule has 0 unspecified atom stereocenters. The lowest BCUT2D eigenvalue weighted by Crippen LogP contribution is -2.30. The minimum Gasteiger partial charge on any atom is -0.478 e. The summed E-state index contributed by atoms with van der Waals surface area (Å²) in [6, 6.07) is 3.83. The number of halogens is 1. The number of carboxylic acids is 1. The number of hydrogen-bond acceptors (Lipinski definition) is 2. The Hall–Kier alpha value is -2.01. The molecule has 0 spiro atoms. The second-order valence-corrected chi connectivity index (χ2v) is 5.32. The van der Waals surface area contributed by atoms with E-state index in [-0.39, 0.29) is 11.3 Å². The zero-order chi connectivity index (χ0) is 15.2. The highest BCUT2D eigenvalue weighted by Crippen LogP contribution is 2.21. The van der Waals surface area contributed by atoms with Crippen LogP contribution in [-0.4, -0.2) is 23.7 Å². The SMILES string of the molecule is O=C(NCCC1=CCCC1)Nc1cc(Cl)ccc1C(=O)O. The number of carbonyl (C=O) groups excluding carboxylic acids is 1. The first-order valence-electron chi connectivity index (χ1n) is 6.82. The summed E-state index contributed by atoms with van der Waals surface area (Å²) in [7, 11) is 0. The van der Waals surface area contributed by atoms with Crippen LogP contribution in [-0.2, 0) is 0 Å². The van der Waals surface area contributed by atoms with Gasteiger partial charge in [0.25, 0.3) is 0 Å². The average Bonchev–Trinajstić information content (AvgIpc) is 2.91. The fourth-order valence-electron chi connectivity index (χ4n) is 2.27. The van der Waals surface area contributed by atoms with E-state index in [1.807, 2.05) is 0 Å². The molecule has 0 fully saturated rings. The molecule has 1 aliphatic rings. The van der Waals surface area contributed by atoms with Crippen LogP contribution in [0.15, 0.2) is 29.8 Å². The highest BCUT2D eigenvalue weighted by atomic mass is 35.5. The fraction of sp³-hybridized carbons (Fsp3) is 0.333. The van der Waals surface area contributed by atoms with E-state index in [2.05, 4.69) is 16.7 Å². The van der Waals surface area contributed by atoms with Gasteiger partial charge in [-0.05, 0) is 43.9 Å². The van der Waals surface area contributed by atoms with Crippen LogP contribution >= 0.6 is 11.6 Å². The monoisotopic (exact) mass is 308 g/mol. The summed E-state index contributed by atoms with van der Waals surface area (Å²) in [5.41, 5.74) is 1.56. The molecule has 0 atom stereocenters. The number of carboxylic acid groups (broad SMARTS) is 1. The van der Waals surface area contributed by atoms with Gasteiger partial charge in [-0.2, -0.15) is 0 Å². The van der Waals surface area contributed by atoms with Gasteiger partial charge in [0.15, 0.2) is 0 Å². The molecule has 3 N–H and O–H groups in total. The fourth-order valence-corrected chi connectivity index (χ4v) is 2.45. The molecular weight excluding hydrogens is 292 g/mol. The van der Waals surface area contributed by atoms with Crippen molar-refractivity contribution < 1.29 is 14.7 Å². The molecule has 0 bridgehead atoms. The van der Waals surface area contributed by atoms with Gasteiger partial charge in [0.1, 0.15) is 0 Å². The predicted octanol–water partition coefficient (Wildman–Crippen LogP) is 3.66. The summed E-state index contributed by atoms with van der Waals surface area (Å²) in [5.74, 6) is -1.11. The Morgan fingerprint density at radius 3 is 2.81 bits per heavy atom. The number of amides is 2. The second-order valence-electron chi connectivity index (χ2n) is 4.88. The van der Waals surface area contributed by atoms with Gasteiger partial charge >= 0.3 is 12.0 Å². The number of allylic oxidation sites excluding steroid dienone is 1. The van der Waals surface area contributed by atoms with Crippen LogP contribution in [0.1, 0.15) is 36.0 Å². The Kier molecular flexibility index (Phi) is 5.22. The molecule has 2 amide bonds. The summed E-state index contributed by atoms with van der Waals surface area (Å²) < 4.78 is 0. The molecule has 0 radical (unpaired) electrons. The van der Waals surface area contributed by atoms with Crippen LogP contribution < -0.4 is 10.6 Å². The van der Waals surface area contributed by atoms with E-state index in [0.717, 1.165) is 19.3 Å². The Morgan fingerprint density at radius 2 is 2.14 bits per heavy atom. The molecule has 0 heterocycles. The minimum atomic E-state index is -1.11. The molecule has 1 aromatic rings. The van der Waals surface area contributed by atoms with Crippen LogP contribution in [0.3, 0.4) is 0 Å². The zero-order valence-electron chi connectivity index (χ0n) is 11.5. The van der Waals surface area contributed by atoms with E-state index >= 15 is 0 Å². The second kappa shape index (κ2) is 7.13. The largest absolute Gasteiger partial charge is 0.478 e. The number of hydrogen-bond donors (Lipinski definition) is 3. The van der Waals surface area contributed by atoms with Crippen LogP contribution in [0, 0.1) is 0 Å². The molecule has 0 aromatic heterocycles. The zero-order valence-corrected chi connectivity index (χ0v) is 12.2. The Morgan fingerprint density at radius 1 is 1.33 bits per heavy atom. The van der Waals surface area contributed by atoms with Crippen molar-refractivity contribution in [3.8, 4) is 0 Å². The first-order valence-corrected chi connectivity index (χ1v) is 7.19. The molecule has 5 nitrogen and oxygen atoms in total. The molecule has 0 saturated carbocycles. The maximum Gasteiger partial charge on any atom is 0.337 e. The van der Waals surface area contributed by atoms with Gasteiger partial charge in [-0.15, -0.1) is 0 Å². The van der Waals surface area contributed by atoms with Gasteiger partial charge < -0.3 is 15.7 Å². The van der Waals surface area contributed by atoms with Crippen molar-refractivity contribution in [3.05, 3.63) is 40.4 Å². The van der Waals surface area contributed by atoms with Crippen molar-refractivity contribution in [1.82, 2.24) is 5.32 Å². The average molecular weight is 309 g/mol. The molecule has 6 heteroatoms. The first kappa shape index (κ1) is 15.4. The molecule has 21 heavy (non-hydrogen) atoms. The lowest BCUT2D eigenvalue weighted by atomic mass is 10.1. The normalized spacial score (nSPS) is 13.7. The summed E-state index contributed by atoms with van der Waals surface area (Å²) in [5, 5.41) is 14.7. The third-order valence-electron chi connectivity index (χ3n) is 3.33. The van der Waals surface area contributed by atoms with Gasteiger partial charge in [-0.3, -0.25) is 0 Å². The van der Waals surface area contributed by atoms with E-state index in [9.17, 15) is 9.59 Å². The summed E-state index contributed by atoms with van der Waals surface area (Å²) >= 11 is 5.82. The Balaban J connectivity index is 1.89. The lowest BCUT2D eigenvalue weighted by Gasteiger charge is -2.10. The van der Waals surface area contributed by atoms with Crippen molar-refractivity contribution in [2.45, 2.75) is 25.7 Å². The van der Waals surface area contributed by atoms with E-state index in [1.165, 1.54) is 30.2 Å². The van der Waals surface area contributed by atoms with Crippen molar-refractivity contribution in [2.75, 3.05) is 11.9 Å². The van der Waals surface area contributed by atoms with Gasteiger partial charge in [-0.25, -0.2) is 9.59 Å². The third kappa shape index (κ3) is 4.49. The van der Waals surface area contributed by atoms with Gasteiger partial charge in [0, 0.05) is 11.6 Å². The van der Waals surface area contributed by atoms with E-state index in [1.54, 1.807) is 0 Å². The number of nitrogens with one attached hydrogen (secondary N) is 2. The lowest BCUT2D eigenvalue weighted by molar-refractivity contribution is 0.0698. The molecule has 0 saturated heterocycles. The molecule has 1 aromatic carbocycles. The highest BCUT2D eigenvalue weighted by molar-refractivity contribution is 6.31.